The van der Waals surface area contributed by atoms with E-state index < -0.39 is 6.10 Å². The van der Waals surface area contributed by atoms with E-state index in [1.807, 2.05) is 47.4 Å². The number of hydrogen-bond donors (Lipinski definition) is 0. The van der Waals surface area contributed by atoms with Crippen molar-refractivity contribution in [2.24, 2.45) is 0 Å². The van der Waals surface area contributed by atoms with Crippen LogP contribution in [0.3, 0.4) is 0 Å². The molecule has 1 amide bonds. The monoisotopic (exact) mass is 368 g/mol. The number of benzene rings is 2. The maximum absolute atomic E-state index is 13.1. The van der Waals surface area contributed by atoms with Crippen molar-refractivity contribution in [1.82, 2.24) is 9.80 Å². The van der Waals surface area contributed by atoms with Crippen LogP contribution in [0.4, 0.5) is 0 Å². The highest BCUT2D eigenvalue weighted by Crippen LogP contribution is 2.23. The molecule has 3 rings (SSSR count). The van der Waals surface area contributed by atoms with Crippen LogP contribution in [0.25, 0.3) is 0 Å². The highest BCUT2D eigenvalue weighted by atomic mass is 16.5. The average Bonchev–Trinajstić information content (AvgIpc) is 2.69. The number of amides is 1. The van der Waals surface area contributed by atoms with Gasteiger partial charge >= 0.3 is 0 Å². The number of rotatable bonds is 6. The number of methoxy groups -OCH3 is 2. The van der Waals surface area contributed by atoms with Crippen molar-refractivity contribution in [2.45, 2.75) is 25.6 Å². The van der Waals surface area contributed by atoms with Gasteiger partial charge in [-0.15, -0.1) is 0 Å². The average molecular weight is 368 g/mol. The van der Waals surface area contributed by atoms with Gasteiger partial charge < -0.3 is 14.4 Å². The van der Waals surface area contributed by atoms with Gasteiger partial charge in [0.15, 0.2) is 6.10 Å². The molecule has 0 radical (unpaired) electrons. The third-order valence-electron chi connectivity index (χ3n) is 5.10. The standard InChI is InChI=1S/C22H28N2O3/c1-17-15-23(16-18-8-7-11-20(14-18)26-2)12-13-24(17)22(25)21(27-3)19-9-5-4-6-10-19/h4-11,14,17,21H,12-13,15-16H2,1-3H3/t17-,21-/m0/s1. The molecule has 0 spiro atoms. The predicted octanol–water partition coefficient (Wildman–Crippen LogP) is 3.12. The molecule has 2 aromatic rings. The van der Waals surface area contributed by atoms with Crippen LogP contribution < -0.4 is 4.74 Å². The third kappa shape index (κ3) is 4.67. The van der Waals surface area contributed by atoms with Gasteiger partial charge in [-0.3, -0.25) is 9.69 Å². The molecule has 1 fully saturated rings. The Bertz CT molecular complexity index is 750. The lowest BCUT2D eigenvalue weighted by Gasteiger charge is -2.41. The van der Waals surface area contributed by atoms with Crippen molar-refractivity contribution in [2.75, 3.05) is 33.9 Å². The van der Waals surface area contributed by atoms with Crippen molar-refractivity contribution in [3.63, 3.8) is 0 Å². The summed E-state index contributed by atoms with van der Waals surface area (Å²) in [5.74, 6) is 0.914. The maximum atomic E-state index is 13.1. The molecule has 0 N–H and O–H groups in total. The van der Waals surface area contributed by atoms with E-state index in [2.05, 4.69) is 24.0 Å². The van der Waals surface area contributed by atoms with E-state index in [0.29, 0.717) is 6.54 Å². The second-order valence-corrected chi connectivity index (χ2v) is 6.99. The molecular weight excluding hydrogens is 340 g/mol. The number of nitrogens with zero attached hydrogens (tertiary/aromatic N) is 2. The lowest BCUT2D eigenvalue weighted by Crippen LogP contribution is -2.54. The van der Waals surface area contributed by atoms with E-state index in [-0.39, 0.29) is 11.9 Å². The second kappa shape index (κ2) is 9.02. The quantitative estimate of drug-likeness (QED) is 0.786. The van der Waals surface area contributed by atoms with Gasteiger partial charge in [0, 0.05) is 39.3 Å². The van der Waals surface area contributed by atoms with Crippen LogP contribution >= 0.6 is 0 Å². The summed E-state index contributed by atoms with van der Waals surface area (Å²) in [5, 5.41) is 0. The molecule has 5 nitrogen and oxygen atoms in total. The SMILES string of the molecule is COc1cccc(CN2CCN(C(=O)[C@@H](OC)c3ccccc3)[C@@H](C)C2)c1. The molecule has 2 aromatic carbocycles. The van der Waals surface area contributed by atoms with Crippen LogP contribution in [0.2, 0.25) is 0 Å². The zero-order chi connectivity index (χ0) is 19.2. The molecule has 1 aliphatic rings. The summed E-state index contributed by atoms with van der Waals surface area (Å²) in [7, 11) is 3.28. The first-order valence-electron chi connectivity index (χ1n) is 9.36. The van der Waals surface area contributed by atoms with Gasteiger partial charge in [0.1, 0.15) is 5.75 Å². The Balaban J connectivity index is 1.63. The zero-order valence-electron chi connectivity index (χ0n) is 16.3. The van der Waals surface area contributed by atoms with Gasteiger partial charge in [0.05, 0.1) is 7.11 Å². The summed E-state index contributed by atoms with van der Waals surface area (Å²) in [6, 6.07) is 18.0. The summed E-state index contributed by atoms with van der Waals surface area (Å²) in [5.41, 5.74) is 2.12. The van der Waals surface area contributed by atoms with Gasteiger partial charge in [-0.05, 0) is 30.2 Å². The van der Waals surface area contributed by atoms with Crippen molar-refractivity contribution in [3.05, 3.63) is 65.7 Å². The van der Waals surface area contributed by atoms with Gasteiger partial charge in [-0.1, -0.05) is 42.5 Å². The first kappa shape index (κ1) is 19.4. The number of carbonyl (C=O) groups excluding carboxylic acids is 1. The largest absolute Gasteiger partial charge is 0.497 e. The molecule has 0 bridgehead atoms. The fraction of sp³-hybridized carbons (Fsp3) is 0.409. The van der Waals surface area contributed by atoms with Gasteiger partial charge in [0.2, 0.25) is 0 Å². The summed E-state index contributed by atoms with van der Waals surface area (Å²) >= 11 is 0. The highest BCUT2D eigenvalue weighted by molar-refractivity contribution is 5.82. The van der Waals surface area contributed by atoms with E-state index in [1.54, 1.807) is 14.2 Å². The van der Waals surface area contributed by atoms with E-state index >= 15 is 0 Å². The molecule has 2 atom stereocenters. The van der Waals surface area contributed by atoms with E-state index in [4.69, 9.17) is 9.47 Å². The Morgan fingerprint density at radius 1 is 1.11 bits per heavy atom. The van der Waals surface area contributed by atoms with E-state index in [1.165, 1.54) is 5.56 Å². The summed E-state index contributed by atoms with van der Waals surface area (Å²) in [6.07, 6.45) is -0.543. The summed E-state index contributed by atoms with van der Waals surface area (Å²) < 4.78 is 10.8. The molecule has 5 heteroatoms. The van der Waals surface area contributed by atoms with Gasteiger partial charge in [-0.2, -0.15) is 0 Å². The first-order chi connectivity index (χ1) is 13.1. The van der Waals surface area contributed by atoms with Crippen LogP contribution in [0.1, 0.15) is 24.2 Å². The Kier molecular flexibility index (Phi) is 6.48. The number of piperazine rings is 1. The molecule has 1 aliphatic heterocycles. The Labute approximate surface area is 161 Å². The number of ether oxygens (including phenoxy) is 2. The summed E-state index contributed by atoms with van der Waals surface area (Å²) in [6.45, 7) is 5.35. The molecule has 0 unspecified atom stereocenters. The van der Waals surface area contributed by atoms with Crippen molar-refractivity contribution >= 4 is 5.91 Å². The normalized spacial score (nSPS) is 18.9. The minimum Gasteiger partial charge on any atom is -0.497 e. The Hall–Kier alpha value is -2.37. The van der Waals surface area contributed by atoms with Gasteiger partial charge in [-0.25, -0.2) is 0 Å². The Morgan fingerprint density at radius 3 is 2.56 bits per heavy atom. The molecule has 27 heavy (non-hydrogen) atoms. The fourth-order valence-corrected chi connectivity index (χ4v) is 3.69. The Morgan fingerprint density at radius 2 is 1.89 bits per heavy atom. The topological polar surface area (TPSA) is 42.0 Å². The lowest BCUT2D eigenvalue weighted by atomic mass is 10.1. The molecule has 144 valence electrons. The van der Waals surface area contributed by atoms with E-state index in [0.717, 1.165) is 30.9 Å². The number of carbonyl (C=O) groups is 1. The minimum atomic E-state index is -0.543. The third-order valence-corrected chi connectivity index (χ3v) is 5.10. The molecule has 0 saturated carbocycles. The fourth-order valence-electron chi connectivity index (χ4n) is 3.69. The van der Waals surface area contributed by atoms with Crippen molar-refractivity contribution in [3.8, 4) is 5.75 Å². The van der Waals surface area contributed by atoms with Crippen LogP contribution in [0, 0.1) is 0 Å². The second-order valence-electron chi connectivity index (χ2n) is 6.99. The lowest BCUT2D eigenvalue weighted by molar-refractivity contribution is -0.147. The van der Waals surface area contributed by atoms with Crippen LogP contribution in [0.5, 0.6) is 5.75 Å². The minimum absolute atomic E-state index is 0.0391. The van der Waals surface area contributed by atoms with Gasteiger partial charge in [0.25, 0.3) is 5.91 Å². The van der Waals surface area contributed by atoms with Crippen LogP contribution in [-0.2, 0) is 16.1 Å². The van der Waals surface area contributed by atoms with Crippen LogP contribution in [-0.4, -0.2) is 55.6 Å². The predicted molar refractivity (Wildman–Crippen MR) is 106 cm³/mol. The van der Waals surface area contributed by atoms with Crippen molar-refractivity contribution in [1.29, 1.82) is 0 Å². The summed E-state index contributed by atoms with van der Waals surface area (Å²) in [4.78, 5) is 17.4. The molecule has 0 aromatic heterocycles. The van der Waals surface area contributed by atoms with Crippen molar-refractivity contribution < 1.29 is 14.3 Å². The molecule has 0 aliphatic carbocycles. The number of hydrogen-bond acceptors (Lipinski definition) is 4. The van der Waals surface area contributed by atoms with Crippen LogP contribution in [0.15, 0.2) is 54.6 Å². The molecule has 1 heterocycles. The maximum Gasteiger partial charge on any atom is 0.256 e. The molecule has 1 saturated heterocycles. The van der Waals surface area contributed by atoms with E-state index in [9.17, 15) is 4.79 Å². The first-order valence-corrected chi connectivity index (χ1v) is 9.36. The highest BCUT2D eigenvalue weighted by Gasteiger charge is 2.32. The smallest absolute Gasteiger partial charge is 0.256 e. The zero-order valence-corrected chi connectivity index (χ0v) is 16.3. The molecular formula is C22H28N2O3.